The van der Waals surface area contributed by atoms with Crippen LogP contribution in [0.3, 0.4) is 0 Å². The highest BCUT2D eigenvalue weighted by molar-refractivity contribution is 4.97. The average molecular weight is 143 g/mol. The third kappa shape index (κ3) is 0.713. The summed E-state index contributed by atoms with van der Waals surface area (Å²) in [7, 11) is 0. The Morgan fingerprint density at radius 3 is 3.30 bits per heavy atom. The topological polar surface area (TPSA) is 41.5 Å². The Hall–Kier alpha value is -0.120. The number of hydrogen-bond donors (Lipinski definition) is 2. The normalized spacial score (nSPS) is 45.9. The molecule has 0 bridgehead atoms. The minimum absolute atomic E-state index is 0.0694. The van der Waals surface area contributed by atoms with Crippen LogP contribution in [0, 0.1) is 11.3 Å². The highest BCUT2D eigenvalue weighted by Crippen LogP contribution is 2.36. The molecule has 0 saturated carbocycles. The maximum absolute atomic E-state index is 9.11. The van der Waals surface area contributed by atoms with Gasteiger partial charge in [-0.15, -0.1) is 0 Å². The predicted octanol–water partition coefficient (Wildman–Crippen LogP) is -0.785. The van der Waals surface area contributed by atoms with Crippen molar-refractivity contribution in [3.8, 4) is 0 Å². The molecule has 0 amide bonds. The van der Waals surface area contributed by atoms with E-state index in [1.165, 1.54) is 0 Å². The van der Waals surface area contributed by atoms with Crippen molar-refractivity contribution in [2.45, 2.75) is 0 Å². The molecule has 58 valence electrons. The van der Waals surface area contributed by atoms with E-state index in [0.717, 1.165) is 26.3 Å². The standard InChI is InChI=1S/C7H13NO2/c9-4-7-3-8-1-6(7)2-10-5-7/h6,8-9H,1-5H2. The molecule has 2 aliphatic rings. The van der Waals surface area contributed by atoms with E-state index in [2.05, 4.69) is 5.32 Å². The first-order valence-electron chi connectivity index (χ1n) is 3.77. The molecule has 0 spiro atoms. The van der Waals surface area contributed by atoms with E-state index < -0.39 is 0 Å². The van der Waals surface area contributed by atoms with Crippen LogP contribution in [0.1, 0.15) is 0 Å². The molecule has 2 atom stereocenters. The van der Waals surface area contributed by atoms with Gasteiger partial charge in [-0.05, 0) is 0 Å². The molecular weight excluding hydrogens is 130 g/mol. The predicted molar refractivity (Wildman–Crippen MR) is 36.7 cm³/mol. The molecule has 3 heteroatoms. The first kappa shape index (κ1) is 6.58. The first-order valence-corrected chi connectivity index (χ1v) is 3.77. The molecule has 2 saturated heterocycles. The highest BCUT2D eigenvalue weighted by atomic mass is 16.5. The Morgan fingerprint density at radius 1 is 1.70 bits per heavy atom. The third-order valence-electron chi connectivity index (χ3n) is 2.76. The van der Waals surface area contributed by atoms with Gasteiger partial charge in [0.25, 0.3) is 0 Å². The van der Waals surface area contributed by atoms with Gasteiger partial charge in [0, 0.05) is 24.4 Å². The molecule has 2 aliphatic heterocycles. The lowest BCUT2D eigenvalue weighted by molar-refractivity contribution is 0.0969. The Labute approximate surface area is 60.4 Å². The van der Waals surface area contributed by atoms with Crippen molar-refractivity contribution in [1.82, 2.24) is 5.32 Å². The molecule has 2 N–H and O–H groups in total. The fourth-order valence-electron chi connectivity index (χ4n) is 1.90. The first-order chi connectivity index (χ1) is 4.87. The minimum atomic E-state index is 0.0694. The van der Waals surface area contributed by atoms with Crippen LogP contribution in [-0.2, 0) is 4.74 Å². The highest BCUT2D eigenvalue weighted by Gasteiger charge is 2.46. The molecule has 2 unspecified atom stereocenters. The summed E-state index contributed by atoms with van der Waals surface area (Å²) in [5, 5.41) is 12.4. The van der Waals surface area contributed by atoms with Crippen LogP contribution in [0.25, 0.3) is 0 Å². The zero-order valence-corrected chi connectivity index (χ0v) is 5.97. The molecule has 3 nitrogen and oxygen atoms in total. The van der Waals surface area contributed by atoms with Gasteiger partial charge < -0.3 is 15.2 Å². The molecule has 0 radical (unpaired) electrons. The number of aliphatic hydroxyl groups is 1. The maximum Gasteiger partial charge on any atom is 0.0560 e. The summed E-state index contributed by atoms with van der Waals surface area (Å²) in [5.74, 6) is 0.553. The Balaban J connectivity index is 2.15. The van der Waals surface area contributed by atoms with E-state index in [4.69, 9.17) is 9.84 Å². The van der Waals surface area contributed by atoms with Gasteiger partial charge in [-0.25, -0.2) is 0 Å². The summed E-state index contributed by atoms with van der Waals surface area (Å²) < 4.78 is 5.31. The van der Waals surface area contributed by atoms with Gasteiger partial charge in [-0.3, -0.25) is 0 Å². The maximum atomic E-state index is 9.11. The van der Waals surface area contributed by atoms with Crippen molar-refractivity contribution < 1.29 is 9.84 Å². The van der Waals surface area contributed by atoms with E-state index in [9.17, 15) is 0 Å². The number of nitrogens with one attached hydrogen (secondary N) is 1. The van der Waals surface area contributed by atoms with Crippen molar-refractivity contribution in [2.24, 2.45) is 11.3 Å². The van der Waals surface area contributed by atoms with Crippen LogP contribution in [-0.4, -0.2) is 38.0 Å². The summed E-state index contributed by atoms with van der Waals surface area (Å²) in [6.07, 6.45) is 0. The fraction of sp³-hybridized carbons (Fsp3) is 1.00. The lowest BCUT2D eigenvalue weighted by Gasteiger charge is -2.22. The Kier molecular flexibility index (Phi) is 1.44. The molecule has 2 rings (SSSR count). The summed E-state index contributed by atoms with van der Waals surface area (Å²) >= 11 is 0. The fourth-order valence-corrected chi connectivity index (χ4v) is 1.90. The minimum Gasteiger partial charge on any atom is -0.396 e. The monoisotopic (exact) mass is 143 g/mol. The van der Waals surface area contributed by atoms with Gasteiger partial charge in [-0.1, -0.05) is 0 Å². The summed E-state index contributed by atoms with van der Waals surface area (Å²) in [4.78, 5) is 0. The van der Waals surface area contributed by atoms with Gasteiger partial charge in [-0.2, -0.15) is 0 Å². The molecular formula is C7H13NO2. The van der Waals surface area contributed by atoms with Crippen LogP contribution in [0.5, 0.6) is 0 Å². The van der Waals surface area contributed by atoms with Crippen LogP contribution < -0.4 is 5.32 Å². The lowest BCUT2D eigenvalue weighted by atomic mass is 9.82. The van der Waals surface area contributed by atoms with Crippen LogP contribution in [0.4, 0.5) is 0 Å². The summed E-state index contributed by atoms with van der Waals surface area (Å²) in [5.41, 5.74) is 0.0694. The van der Waals surface area contributed by atoms with E-state index in [1.807, 2.05) is 0 Å². The summed E-state index contributed by atoms with van der Waals surface area (Å²) in [6.45, 7) is 3.77. The number of fused-ring (bicyclic) bond motifs is 1. The third-order valence-corrected chi connectivity index (χ3v) is 2.76. The second-order valence-corrected chi connectivity index (χ2v) is 3.36. The molecule has 0 aromatic carbocycles. The van der Waals surface area contributed by atoms with Crippen molar-refractivity contribution in [1.29, 1.82) is 0 Å². The smallest absolute Gasteiger partial charge is 0.0560 e. The van der Waals surface area contributed by atoms with Gasteiger partial charge in [0.15, 0.2) is 0 Å². The molecule has 2 fully saturated rings. The molecule has 0 aromatic heterocycles. The molecule has 0 aromatic rings. The van der Waals surface area contributed by atoms with Crippen molar-refractivity contribution in [3.63, 3.8) is 0 Å². The van der Waals surface area contributed by atoms with Crippen LogP contribution >= 0.6 is 0 Å². The number of aliphatic hydroxyl groups excluding tert-OH is 1. The van der Waals surface area contributed by atoms with E-state index in [1.54, 1.807) is 0 Å². The molecule has 10 heavy (non-hydrogen) atoms. The van der Waals surface area contributed by atoms with E-state index >= 15 is 0 Å². The quantitative estimate of drug-likeness (QED) is 0.505. The Morgan fingerprint density at radius 2 is 2.60 bits per heavy atom. The molecule has 2 heterocycles. The molecule has 0 aliphatic carbocycles. The average Bonchev–Trinajstić information content (AvgIpc) is 2.42. The Bertz CT molecular complexity index is 128. The second kappa shape index (κ2) is 2.19. The lowest BCUT2D eigenvalue weighted by Crippen LogP contribution is -2.33. The summed E-state index contributed by atoms with van der Waals surface area (Å²) in [6, 6.07) is 0. The van der Waals surface area contributed by atoms with Crippen LogP contribution in [0.2, 0.25) is 0 Å². The van der Waals surface area contributed by atoms with Gasteiger partial charge in [0.1, 0.15) is 0 Å². The van der Waals surface area contributed by atoms with Gasteiger partial charge in [0.2, 0.25) is 0 Å². The van der Waals surface area contributed by atoms with Gasteiger partial charge >= 0.3 is 0 Å². The number of hydrogen-bond acceptors (Lipinski definition) is 3. The van der Waals surface area contributed by atoms with E-state index in [0.29, 0.717) is 5.92 Å². The second-order valence-electron chi connectivity index (χ2n) is 3.36. The van der Waals surface area contributed by atoms with Crippen molar-refractivity contribution in [3.05, 3.63) is 0 Å². The van der Waals surface area contributed by atoms with Crippen LogP contribution in [0.15, 0.2) is 0 Å². The van der Waals surface area contributed by atoms with Gasteiger partial charge in [0.05, 0.1) is 19.8 Å². The number of rotatable bonds is 1. The van der Waals surface area contributed by atoms with E-state index in [-0.39, 0.29) is 12.0 Å². The SMILES string of the molecule is OCC12CNCC1COC2. The van der Waals surface area contributed by atoms with Crippen molar-refractivity contribution in [2.75, 3.05) is 32.9 Å². The number of ether oxygens (including phenoxy) is 1. The van der Waals surface area contributed by atoms with Crippen molar-refractivity contribution >= 4 is 0 Å². The zero-order chi connectivity index (χ0) is 7.03. The zero-order valence-electron chi connectivity index (χ0n) is 5.97. The largest absolute Gasteiger partial charge is 0.396 e.